The quantitative estimate of drug-likeness (QED) is 0.561. The van der Waals surface area contributed by atoms with Gasteiger partial charge in [-0.05, 0) is 69.3 Å². The molecule has 1 amide bonds. The smallest absolute Gasteiger partial charge is 0.263 e. The summed E-state index contributed by atoms with van der Waals surface area (Å²) in [5, 5.41) is 14.5. The van der Waals surface area contributed by atoms with Crippen molar-refractivity contribution in [2.75, 3.05) is 40.0 Å². The van der Waals surface area contributed by atoms with E-state index in [1.807, 2.05) is 0 Å². The molecule has 0 spiro atoms. The van der Waals surface area contributed by atoms with Gasteiger partial charge in [-0.25, -0.2) is 0 Å². The van der Waals surface area contributed by atoms with E-state index in [0.29, 0.717) is 54.7 Å². The lowest BCUT2D eigenvalue weighted by Crippen LogP contribution is -2.51. The molecule has 2 N–H and O–H groups in total. The summed E-state index contributed by atoms with van der Waals surface area (Å²) in [4.78, 5) is 15.4. The molecular formula is C25H32N2O6. The molecule has 8 heteroatoms. The first kappa shape index (κ1) is 23.2. The van der Waals surface area contributed by atoms with E-state index in [-0.39, 0.29) is 0 Å². The molecular weight excluding hydrogens is 424 g/mol. The Morgan fingerprint density at radius 2 is 1.76 bits per heavy atom. The number of rotatable bonds is 9. The summed E-state index contributed by atoms with van der Waals surface area (Å²) in [6.07, 6.45) is 1.84. The molecule has 33 heavy (non-hydrogen) atoms. The summed E-state index contributed by atoms with van der Waals surface area (Å²) < 4.78 is 22.2. The largest absolute Gasteiger partial charge is 0.497 e. The van der Waals surface area contributed by atoms with E-state index in [1.54, 1.807) is 56.5 Å². The lowest BCUT2D eigenvalue weighted by Gasteiger charge is -2.33. The highest BCUT2D eigenvalue weighted by molar-refractivity contribution is 5.81. The molecule has 2 atom stereocenters. The van der Waals surface area contributed by atoms with E-state index < -0.39 is 17.7 Å². The number of amides is 1. The Kier molecular flexibility index (Phi) is 7.25. The number of aliphatic hydroxyl groups is 1. The summed E-state index contributed by atoms with van der Waals surface area (Å²) >= 11 is 0. The zero-order valence-electron chi connectivity index (χ0n) is 19.2. The highest BCUT2D eigenvalue weighted by Crippen LogP contribution is 2.35. The molecule has 178 valence electrons. The van der Waals surface area contributed by atoms with Crippen LogP contribution in [0.2, 0.25) is 0 Å². The molecule has 0 aromatic heterocycles. The monoisotopic (exact) mass is 456 g/mol. The maximum absolute atomic E-state index is 13.1. The molecule has 0 radical (unpaired) electrons. The number of methoxy groups -OCH3 is 1. The van der Waals surface area contributed by atoms with Crippen molar-refractivity contribution in [2.24, 2.45) is 0 Å². The average molecular weight is 457 g/mol. The van der Waals surface area contributed by atoms with Gasteiger partial charge in [0.25, 0.3) is 5.91 Å². The Balaban J connectivity index is 1.49. The SMILES string of the molecule is COc1ccc(OC(C)C(=O)N[C@](O)(CCN2CCCC2)c2ccc3c(c2)OCCO3)cc1. The molecule has 0 bridgehead atoms. The van der Waals surface area contributed by atoms with E-state index in [9.17, 15) is 9.90 Å². The number of carbonyl (C=O) groups is 1. The molecule has 2 heterocycles. The number of carbonyl (C=O) groups excluding carboxylic acids is 1. The van der Waals surface area contributed by atoms with E-state index in [2.05, 4.69) is 10.2 Å². The Bertz CT molecular complexity index is 944. The fourth-order valence-corrected chi connectivity index (χ4v) is 4.12. The predicted molar refractivity (Wildman–Crippen MR) is 123 cm³/mol. The van der Waals surface area contributed by atoms with Crippen molar-refractivity contribution in [3.63, 3.8) is 0 Å². The van der Waals surface area contributed by atoms with Gasteiger partial charge < -0.3 is 34.3 Å². The molecule has 1 saturated heterocycles. The van der Waals surface area contributed by atoms with Crippen molar-refractivity contribution >= 4 is 5.91 Å². The normalized spacial score (nSPS) is 18.3. The molecule has 2 aliphatic heterocycles. The third-order valence-electron chi connectivity index (χ3n) is 6.08. The fourth-order valence-electron chi connectivity index (χ4n) is 4.12. The lowest BCUT2D eigenvalue weighted by atomic mass is 9.97. The van der Waals surface area contributed by atoms with Gasteiger partial charge in [0.05, 0.1) is 7.11 Å². The van der Waals surface area contributed by atoms with Crippen molar-refractivity contribution in [2.45, 2.75) is 38.0 Å². The number of hydrogen-bond acceptors (Lipinski definition) is 7. The summed E-state index contributed by atoms with van der Waals surface area (Å²) in [6, 6.07) is 12.3. The van der Waals surface area contributed by atoms with E-state index >= 15 is 0 Å². The third kappa shape index (κ3) is 5.69. The van der Waals surface area contributed by atoms with Gasteiger partial charge in [-0.3, -0.25) is 4.79 Å². The average Bonchev–Trinajstić information content (AvgIpc) is 3.37. The van der Waals surface area contributed by atoms with Crippen LogP contribution < -0.4 is 24.3 Å². The molecule has 0 aliphatic carbocycles. The molecule has 2 aromatic rings. The number of nitrogens with one attached hydrogen (secondary N) is 1. The van der Waals surface area contributed by atoms with Gasteiger partial charge in [-0.1, -0.05) is 6.07 Å². The minimum atomic E-state index is -1.58. The van der Waals surface area contributed by atoms with Gasteiger partial charge in [-0.2, -0.15) is 0 Å². The lowest BCUT2D eigenvalue weighted by molar-refractivity contribution is -0.136. The molecule has 1 unspecified atom stereocenters. The molecule has 8 nitrogen and oxygen atoms in total. The van der Waals surface area contributed by atoms with Crippen LogP contribution in [0.15, 0.2) is 42.5 Å². The number of likely N-dealkylation sites (tertiary alicyclic amines) is 1. The molecule has 4 rings (SSSR count). The highest BCUT2D eigenvalue weighted by Gasteiger charge is 2.35. The van der Waals surface area contributed by atoms with E-state index in [4.69, 9.17) is 18.9 Å². The standard InChI is InChI=1S/C25H32N2O6/c1-18(33-21-8-6-20(30-2)7-9-21)24(28)26-25(29,11-14-27-12-3-4-13-27)19-5-10-22-23(17-19)32-16-15-31-22/h5-10,17-18,29H,3-4,11-16H2,1-2H3,(H,26,28)/t18?,25-/m0/s1. The minimum Gasteiger partial charge on any atom is -0.497 e. The molecule has 2 aliphatic rings. The first-order valence-corrected chi connectivity index (χ1v) is 11.4. The summed E-state index contributed by atoms with van der Waals surface area (Å²) in [5.74, 6) is 2.03. The van der Waals surface area contributed by atoms with Crippen LogP contribution in [0, 0.1) is 0 Å². The minimum absolute atomic E-state index is 0.341. The van der Waals surface area contributed by atoms with Gasteiger partial charge in [0, 0.05) is 18.5 Å². The second-order valence-electron chi connectivity index (χ2n) is 8.44. The second kappa shape index (κ2) is 10.3. The molecule has 0 saturated carbocycles. The third-order valence-corrected chi connectivity index (χ3v) is 6.08. The Labute approximate surface area is 194 Å². The Hall–Kier alpha value is -2.97. The first-order chi connectivity index (χ1) is 16.0. The molecule has 1 fully saturated rings. The first-order valence-electron chi connectivity index (χ1n) is 11.4. The number of ether oxygens (including phenoxy) is 4. The maximum Gasteiger partial charge on any atom is 0.263 e. The number of nitrogens with zero attached hydrogens (tertiary/aromatic N) is 1. The van der Waals surface area contributed by atoms with Gasteiger partial charge in [-0.15, -0.1) is 0 Å². The van der Waals surface area contributed by atoms with Gasteiger partial charge in [0.1, 0.15) is 24.7 Å². The van der Waals surface area contributed by atoms with Crippen LogP contribution in [0.5, 0.6) is 23.0 Å². The van der Waals surface area contributed by atoms with Crippen LogP contribution in [0.25, 0.3) is 0 Å². The van der Waals surface area contributed by atoms with Crippen molar-refractivity contribution in [3.05, 3.63) is 48.0 Å². The van der Waals surface area contributed by atoms with Crippen LogP contribution in [-0.4, -0.2) is 62.0 Å². The van der Waals surface area contributed by atoms with Crippen LogP contribution >= 0.6 is 0 Å². The van der Waals surface area contributed by atoms with Gasteiger partial charge in [0.2, 0.25) is 0 Å². The van der Waals surface area contributed by atoms with E-state index in [1.165, 1.54) is 0 Å². The Morgan fingerprint density at radius 3 is 2.45 bits per heavy atom. The Morgan fingerprint density at radius 1 is 1.09 bits per heavy atom. The molecule has 2 aromatic carbocycles. The number of fused-ring (bicyclic) bond motifs is 1. The van der Waals surface area contributed by atoms with Crippen molar-refractivity contribution in [1.82, 2.24) is 10.2 Å². The zero-order chi connectivity index (χ0) is 23.3. The highest BCUT2D eigenvalue weighted by atomic mass is 16.6. The van der Waals surface area contributed by atoms with Crippen LogP contribution in [0.4, 0.5) is 0 Å². The zero-order valence-corrected chi connectivity index (χ0v) is 19.2. The van der Waals surface area contributed by atoms with Crippen molar-refractivity contribution < 1.29 is 28.8 Å². The van der Waals surface area contributed by atoms with Crippen LogP contribution in [0.3, 0.4) is 0 Å². The fraction of sp³-hybridized carbons (Fsp3) is 0.480. The van der Waals surface area contributed by atoms with Gasteiger partial charge >= 0.3 is 0 Å². The van der Waals surface area contributed by atoms with Crippen molar-refractivity contribution in [3.8, 4) is 23.0 Å². The van der Waals surface area contributed by atoms with Crippen LogP contribution in [-0.2, 0) is 10.5 Å². The number of benzene rings is 2. The summed E-state index contributed by atoms with van der Waals surface area (Å²) in [5.41, 5.74) is -1.02. The predicted octanol–water partition coefficient (Wildman–Crippen LogP) is 2.68. The summed E-state index contributed by atoms with van der Waals surface area (Å²) in [7, 11) is 1.59. The van der Waals surface area contributed by atoms with Gasteiger partial charge in [0.15, 0.2) is 23.3 Å². The second-order valence-corrected chi connectivity index (χ2v) is 8.44. The summed E-state index contributed by atoms with van der Waals surface area (Å²) in [6.45, 7) is 5.26. The van der Waals surface area contributed by atoms with E-state index in [0.717, 1.165) is 25.9 Å². The van der Waals surface area contributed by atoms with Crippen molar-refractivity contribution in [1.29, 1.82) is 0 Å². The number of hydrogen-bond donors (Lipinski definition) is 2. The topological polar surface area (TPSA) is 89.5 Å². The maximum atomic E-state index is 13.1. The van der Waals surface area contributed by atoms with Crippen LogP contribution in [0.1, 0.15) is 31.7 Å².